The maximum Gasteiger partial charge on any atom is 0.226 e. The van der Waals surface area contributed by atoms with Gasteiger partial charge < -0.3 is 10.1 Å². The van der Waals surface area contributed by atoms with Gasteiger partial charge >= 0.3 is 0 Å². The van der Waals surface area contributed by atoms with E-state index in [1.54, 1.807) is 18.3 Å². The Morgan fingerprint density at radius 2 is 1.94 bits per heavy atom. The Labute approximate surface area is 204 Å². The van der Waals surface area contributed by atoms with Crippen molar-refractivity contribution in [2.24, 2.45) is 0 Å². The third-order valence-corrected chi connectivity index (χ3v) is 6.65. The van der Waals surface area contributed by atoms with Crippen LogP contribution in [0.1, 0.15) is 32.9 Å². The van der Waals surface area contributed by atoms with Gasteiger partial charge in [-0.15, -0.1) is 11.3 Å². The molecule has 1 aliphatic rings. The van der Waals surface area contributed by atoms with E-state index in [1.165, 1.54) is 23.5 Å². The molecule has 0 unspecified atom stereocenters. The fraction of sp³-hybridized carbons (Fsp3) is 0.480. The number of morpholine rings is 1. The number of amides is 1. The van der Waals surface area contributed by atoms with Crippen molar-refractivity contribution < 1.29 is 13.9 Å². The predicted molar refractivity (Wildman–Crippen MR) is 132 cm³/mol. The second kappa shape index (κ2) is 10.8. The molecule has 3 heterocycles. The lowest BCUT2D eigenvalue weighted by atomic mass is 10.0. The molecule has 0 atom stereocenters. The van der Waals surface area contributed by atoms with Gasteiger partial charge in [0.15, 0.2) is 0 Å². The molecule has 3 aromatic rings. The average molecular weight is 486 g/mol. The zero-order valence-corrected chi connectivity index (χ0v) is 20.8. The highest BCUT2D eigenvalue weighted by atomic mass is 32.1. The number of aromatic nitrogens is 3. The molecular weight excluding hydrogens is 453 g/mol. The molecule has 0 saturated carbocycles. The van der Waals surface area contributed by atoms with Crippen molar-refractivity contribution in [1.29, 1.82) is 0 Å². The van der Waals surface area contributed by atoms with Gasteiger partial charge in [-0.05, 0) is 58.0 Å². The quantitative estimate of drug-likeness (QED) is 0.489. The summed E-state index contributed by atoms with van der Waals surface area (Å²) >= 11 is 1.49. The van der Waals surface area contributed by atoms with Crippen LogP contribution >= 0.6 is 11.3 Å². The molecular formula is C25H32FN5O2S. The molecule has 1 saturated heterocycles. The topological polar surface area (TPSA) is 72.3 Å². The van der Waals surface area contributed by atoms with Crippen LogP contribution in [-0.4, -0.2) is 65.0 Å². The highest BCUT2D eigenvalue weighted by Crippen LogP contribution is 2.36. The Kier molecular flexibility index (Phi) is 7.75. The van der Waals surface area contributed by atoms with Crippen molar-refractivity contribution >= 4 is 17.2 Å². The van der Waals surface area contributed by atoms with E-state index in [0.29, 0.717) is 6.54 Å². The maximum atomic E-state index is 13.5. The Balaban J connectivity index is 1.42. The summed E-state index contributed by atoms with van der Waals surface area (Å²) in [6.45, 7) is 11.3. The number of thiazole rings is 1. The first-order valence-electron chi connectivity index (χ1n) is 11.7. The number of carbonyl (C=O) groups excluding carboxylic acids is 1. The first-order chi connectivity index (χ1) is 16.3. The van der Waals surface area contributed by atoms with Gasteiger partial charge in [-0.25, -0.2) is 9.37 Å². The summed E-state index contributed by atoms with van der Waals surface area (Å²) in [5.74, 6) is -0.303. The number of carbonyl (C=O) groups is 1. The highest BCUT2D eigenvalue weighted by molar-refractivity contribution is 7.13. The number of hydrogen-bond donors (Lipinski definition) is 1. The lowest BCUT2D eigenvalue weighted by Gasteiger charge is -2.26. The Bertz CT molecular complexity index is 1100. The largest absolute Gasteiger partial charge is 0.379 e. The first kappa shape index (κ1) is 24.5. The van der Waals surface area contributed by atoms with Crippen LogP contribution in [0.2, 0.25) is 0 Å². The monoisotopic (exact) mass is 485 g/mol. The van der Waals surface area contributed by atoms with E-state index < -0.39 is 0 Å². The normalized spacial score (nSPS) is 14.9. The van der Waals surface area contributed by atoms with Gasteiger partial charge in [0, 0.05) is 30.6 Å². The van der Waals surface area contributed by atoms with E-state index >= 15 is 0 Å². The standard InChI is InChI=1S/C25H32FN5O2S/c1-25(2,3)31-23(18-5-7-19(26)8-6-18)21(16-28-31)24-29-20(17-34-24)15-22(32)27-9-4-10-30-11-13-33-14-12-30/h5-8,16-17H,4,9-15H2,1-3H3,(H,27,32). The molecule has 4 rings (SSSR count). The summed E-state index contributed by atoms with van der Waals surface area (Å²) in [5.41, 5.74) is 3.12. The minimum Gasteiger partial charge on any atom is -0.379 e. The third kappa shape index (κ3) is 6.08. The smallest absolute Gasteiger partial charge is 0.226 e. The molecule has 0 bridgehead atoms. The van der Waals surface area contributed by atoms with Gasteiger partial charge in [0.1, 0.15) is 10.8 Å². The second-order valence-electron chi connectivity index (χ2n) is 9.47. The van der Waals surface area contributed by atoms with E-state index in [-0.39, 0.29) is 23.7 Å². The van der Waals surface area contributed by atoms with Gasteiger partial charge in [-0.1, -0.05) is 0 Å². The average Bonchev–Trinajstić information content (AvgIpc) is 3.45. The summed E-state index contributed by atoms with van der Waals surface area (Å²) in [4.78, 5) is 19.5. The minimum absolute atomic E-state index is 0.0250. The number of rotatable bonds is 8. The van der Waals surface area contributed by atoms with Crippen LogP contribution in [0, 0.1) is 5.82 Å². The molecule has 0 spiro atoms. The molecule has 182 valence electrons. The van der Waals surface area contributed by atoms with Crippen LogP contribution < -0.4 is 5.32 Å². The van der Waals surface area contributed by atoms with Crippen molar-refractivity contribution in [3.05, 3.63) is 47.4 Å². The first-order valence-corrected chi connectivity index (χ1v) is 12.6. The maximum absolute atomic E-state index is 13.5. The van der Waals surface area contributed by atoms with E-state index in [2.05, 4.69) is 36.1 Å². The molecule has 0 radical (unpaired) electrons. The number of hydrogen-bond acceptors (Lipinski definition) is 6. The van der Waals surface area contributed by atoms with Crippen molar-refractivity contribution in [1.82, 2.24) is 25.0 Å². The van der Waals surface area contributed by atoms with Crippen molar-refractivity contribution in [2.75, 3.05) is 39.4 Å². The van der Waals surface area contributed by atoms with Gasteiger partial charge in [0.25, 0.3) is 0 Å². The Morgan fingerprint density at radius 1 is 1.21 bits per heavy atom. The molecule has 1 amide bonds. The summed E-state index contributed by atoms with van der Waals surface area (Å²) < 4.78 is 20.8. The summed E-state index contributed by atoms with van der Waals surface area (Å²) in [5, 5.41) is 10.3. The van der Waals surface area contributed by atoms with Gasteiger partial charge in [-0.3, -0.25) is 14.4 Å². The van der Waals surface area contributed by atoms with E-state index in [4.69, 9.17) is 9.72 Å². The number of benzene rings is 1. The van der Waals surface area contributed by atoms with Crippen LogP contribution in [0.5, 0.6) is 0 Å². The van der Waals surface area contributed by atoms with Crippen LogP contribution in [0.3, 0.4) is 0 Å². The van der Waals surface area contributed by atoms with E-state index in [1.807, 2.05) is 10.1 Å². The van der Waals surface area contributed by atoms with Crippen molar-refractivity contribution in [3.63, 3.8) is 0 Å². The number of ether oxygens (including phenoxy) is 1. The number of nitrogens with zero attached hydrogens (tertiary/aromatic N) is 4. The molecule has 0 aliphatic carbocycles. The highest BCUT2D eigenvalue weighted by Gasteiger charge is 2.24. The fourth-order valence-corrected chi connectivity index (χ4v) is 4.82. The van der Waals surface area contributed by atoms with E-state index in [9.17, 15) is 9.18 Å². The number of halogens is 1. The SMILES string of the molecule is CC(C)(C)n1ncc(-c2nc(CC(=O)NCCCN3CCOCC3)cs2)c1-c1ccc(F)cc1. The fourth-order valence-electron chi connectivity index (χ4n) is 3.99. The summed E-state index contributed by atoms with van der Waals surface area (Å²) in [6.07, 6.45) is 2.96. The Morgan fingerprint density at radius 3 is 2.65 bits per heavy atom. The van der Waals surface area contributed by atoms with Crippen LogP contribution in [0.4, 0.5) is 4.39 Å². The molecule has 1 aromatic carbocycles. The molecule has 34 heavy (non-hydrogen) atoms. The van der Waals surface area contributed by atoms with Gasteiger partial charge in [0.05, 0.1) is 48.3 Å². The molecule has 9 heteroatoms. The molecule has 1 fully saturated rings. The third-order valence-electron chi connectivity index (χ3n) is 5.72. The molecule has 2 aromatic heterocycles. The second-order valence-corrected chi connectivity index (χ2v) is 10.3. The van der Waals surface area contributed by atoms with Crippen LogP contribution in [0.25, 0.3) is 21.8 Å². The van der Waals surface area contributed by atoms with Crippen LogP contribution in [0.15, 0.2) is 35.8 Å². The van der Waals surface area contributed by atoms with Crippen molar-refractivity contribution in [3.8, 4) is 21.8 Å². The predicted octanol–water partition coefficient (Wildman–Crippen LogP) is 3.95. The van der Waals surface area contributed by atoms with Gasteiger partial charge in [-0.2, -0.15) is 5.10 Å². The lowest BCUT2D eigenvalue weighted by Crippen LogP contribution is -2.38. The molecule has 7 nitrogen and oxygen atoms in total. The summed E-state index contributed by atoms with van der Waals surface area (Å²) in [6, 6.07) is 6.43. The number of nitrogens with one attached hydrogen (secondary N) is 1. The van der Waals surface area contributed by atoms with Crippen LogP contribution in [-0.2, 0) is 21.5 Å². The molecule has 1 aliphatic heterocycles. The zero-order chi connectivity index (χ0) is 24.1. The minimum atomic E-state index is -0.278. The Hall–Kier alpha value is -2.62. The lowest BCUT2D eigenvalue weighted by molar-refractivity contribution is -0.120. The van der Waals surface area contributed by atoms with E-state index in [0.717, 1.165) is 66.8 Å². The van der Waals surface area contributed by atoms with Gasteiger partial charge in [0.2, 0.25) is 5.91 Å². The zero-order valence-electron chi connectivity index (χ0n) is 20.0. The molecule has 1 N–H and O–H groups in total. The van der Waals surface area contributed by atoms with Crippen molar-refractivity contribution in [2.45, 2.75) is 39.2 Å². The summed E-state index contributed by atoms with van der Waals surface area (Å²) in [7, 11) is 0.